The van der Waals surface area contributed by atoms with Crippen molar-refractivity contribution < 1.29 is 8.42 Å². The molecule has 2 rings (SSSR count). The van der Waals surface area contributed by atoms with Gasteiger partial charge in [-0.15, -0.1) is 0 Å². The van der Waals surface area contributed by atoms with E-state index in [0.717, 1.165) is 18.5 Å². The van der Waals surface area contributed by atoms with Crippen molar-refractivity contribution in [2.24, 2.45) is 13.0 Å². The van der Waals surface area contributed by atoms with E-state index >= 15 is 0 Å². The van der Waals surface area contributed by atoms with Gasteiger partial charge in [-0.1, -0.05) is 0 Å². The Morgan fingerprint density at radius 3 is 2.94 bits per heavy atom. The number of hydrogen-bond donors (Lipinski definition) is 1. The number of aromatic nitrogens is 2. The highest BCUT2D eigenvalue weighted by atomic mass is 32.2. The summed E-state index contributed by atoms with van der Waals surface area (Å²) in [6.07, 6.45) is 4.60. The van der Waals surface area contributed by atoms with E-state index in [1.54, 1.807) is 4.68 Å². The molecule has 96 valence electrons. The van der Waals surface area contributed by atoms with Crippen LogP contribution >= 0.6 is 0 Å². The summed E-state index contributed by atoms with van der Waals surface area (Å²) in [5, 5.41) is 7.50. The average Bonchev–Trinajstić information content (AvgIpc) is 2.81. The molecule has 2 unspecified atom stereocenters. The lowest BCUT2D eigenvalue weighted by molar-refractivity contribution is 0.476. The first-order valence-corrected chi connectivity index (χ1v) is 7.71. The largest absolute Gasteiger partial charge is 0.310 e. The molecule has 2 heterocycles. The monoisotopic (exact) mass is 257 g/mol. The molecule has 1 aromatic heterocycles. The van der Waals surface area contributed by atoms with Gasteiger partial charge in [0.15, 0.2) is 9.84 Å². The van der Waals surface area contributed by atoms with Crippen molar-refractivity contribution >= 4 is 9.84 Å². The summed E-state index contributed by atoms with van der Waals surface area (Å²) in [5.41, 5.74) is 1.13. The highest BCUT2D eigenvalue weighted by Crippen LogP contribution is 2.19. The van der Waals surface area contributed by atoms with Gasteiger partial charge in [-0.25, -0.2) is 8.42 Å². The molecule has 2 atom stereocenters. The van der Waals surface area contributed by atoms with Crippen molar-refractivity contribution in [3.63, 3.8) is 0 Å². The van der Waals surface area contributed by atoms with Gasteiger partial charge in [-0.05, 0) is 25.8 Å². The summed E-state index contributed by atoms with van der Waals surface area (Å²) in [6.45, 7) is 2.83. The van der Waals surface area contributed by atoms with Crippen molar-refractivity contribution in [3.05, 3.63) is 18.0 Å². The molecule has 6 heteroatoms. The molecule has 17 heavy (non-hydrogen) atoms. The molecule has 1 fully saturated rings. The fourth-order valence-electron chi connectivity index (χ4n) is 2.16. The molecule has 0 aliphatic carbocycles. The van der Waals surface area contributed by atoms with Gasteiger partial charge in [0.1, 0.15) is 0 Å². The Bertz CT molecular complexity index is 481. The summed E-state index contributed by atoms with van der Waals surface area (Å²) < 4.78 is 24.4. The molecule has 1 aliphatic rings. The highest BCUT2D eigenvalue weighted by molar-refractivity contribution is 7.91. The predicted octanol–water partition coefficient (Wildman–Crippen LogP) is 0.505. The SMILES string of the molecule is CC(NCC1CCS(=O)(=O)C1)c1cnn(C)c1. The molecule has 1 N–H and O–H groups in total. The summed E-state index contributed by atoms with van der Waals surface area (Å²) in [6, 6.07) is 0.215. The topological polar surface area (TPSA) is 64.0 Å². The number of nitrogens with one attached hydrogen (secondary N) is 1. The van der Waals surface area contributed by atoms with Crippen LogP contribution in [0.15, 0.2) is 12.4 Å². The highest BCUT2D eigenvalue weighted by Gasteiger charge is 2.27. The Morgan fingerprint density at radius 1 is 1.65 bits per heavy atom. The van der Waals surface area contributed by atoms with E-state index in [9.17, 15) is 8.42 Å². The van der Waals surface area contributed by atoms with Crippen molar-refractivity contribution in [2.45, 2.75) is 19.4 Å². The van der Waals surface area contributed by atoms with Crippen LogP contribution in [0.25, 0.3) is 0 Å². The van der Waals surface area contributed by atoms with E-state index in [0.29, 0.717) is 11.5 Å². The maximum absolute atomic E-state index is 11.3. The van der Waals surface area contributed by atoms with Gasteiger partial charge in [0, 0.05) is 24.8 Å². The van der Waals surface area contributed by atoms with Crippen molar-refractivity contribution in [3.8, 4) is 0 Å². The summed E-state index contributed by atoms with van der Waals surface area (Å²) in [7, 11) is -0.872. The minimum atomic E-state index is -2.76. The molecule has 0 saturated carbocycles. The second kappa shape index (κ2) is 4.78. The maximum atomic E-state index is 11.3. The predicted molar refractivity (Wildman–Crippen MR) is 66.4 cm³/mol. The van der Waals surface area contributed by atoms with Crippen molar-refractivity contribution in [1.29, 1.82) is 0 Å². The fraction of sp³-hybridized carbons (Fsp3) is 0.727. The van der Waals surface area contributed by atoms with E-state index in [-0.39, 0.29) is 12.0 Å². The van der Waals surface area contributed by atoms with Crippen LogP contribution in [0, 0.1) is 5.92 Å². The van der Waals surface area contributed by atoms with E-state index in [1.165, 1.54) is 0 Å². The molecular formula is C11H19N3O2S. The Labute approximate surface area is 102 Å². The van der Waals surface area contributed by atoms with Crippen LogP contribution in [0.4, 0.5) is 0 Å². The molecule has 1 saturated heterocycles. The molecule has 0 aromatic carbocycles. The molecule has 0 spiro atoms. The van der Waals surface area contributed by atoms with Crippen LogP contribution < -0.4 is 5.32 Å². The van der Waals surface area contributed by atoms with Crippen LogP contribution in [0.1, 0.15) is 24.9 Å². The first-order valence-electron chi connectivity index (χ1n) is 5.88. The van der Waals surface area contributed by atoms with Gasteiger partial charge in [0.2, 0.25) is 0 Å². The molecule has 1 aromatic rings. The van der Waals surface area contributed by atoms with E-state index in [4.69, 9.17) is 0 Å². The van der Waals surface area contributed by atoms with E-state index in [1.807, 2.05) is 19.4 Å². The van der Waals surface area contributed by atoms with Gasteiger partial charge in [0.05, 0.1) is 17.7 Å². The minimum absolute atomic E-state index is 0.215. The van der Waals surface area contributed by atoms with Gasteiger partial charge < -0.3 is 5.32 Å². The Hall–Kier alpha value is -0.880. The fourth-order valence-corrected chi connectivity index (χ4v) is 4.02. The van der Waals surface area contributed by atoms with Crippen LogP contribution in [-0.2, 0) is 16.9 Å². The standard InChI is InChI=1S/C11H19N3O2S/c1-9(11-6-13-14(2)7-11)12-5-10-3-4-17(15,16)8-10/h6-7,9-10,12H,3-5,8H2,1-2H3. The molecule has 0 bridgehead atoms. The van der Waals surface area contributed by atoms with Gasteiger partial charge >= 0.3 is 0 Å². The Balaban J connectivity index is 1.83. The first kappa shape index (κ1) is 12.6. The maximum Gasteiger partial charge on any atom is 0.150 e. The molecule has 5 nitrogen and oxygen atoms in total. The van der Waals surface area contributed by atoms with Gasteiger partial charge in [0.25, 0.3) is 0 Å². The van der Waals surface area contributed by atoms with E-state index < -0.39 is 9.84 Å². The Morgan fingerprint density at radius 2 is 2.41 bits per heavy atom. The smallest absolute Gasteiger partial charge is 0.150 e. The molecule has 0 radical (unpaired) electrons. The average molecular weight is 257 g/mol. The van der Waals surface area contributed by atoms with Gasteiger partial charge in [-0.3, -0.25) is 4.68 Å². The van der Waals surface area contributed by atoms with Gasteiger partial charge in [-0.2, -0.15) is 5.10 Å². The second-order valence-electron chi connectivity index (χ2n) is 4.85. The lowest BCUT2D eigenvalue weighted by atomic mass is 10.1. The zero-order chi connectivity index (χ0) is 12.5. The number of sulfone groups is 1. The lowest BCUT2D eigenvalue weighted by Gasteiger charge is -2.15. The zero-order valence-corrected chi connectivity index (χ0v) is 11.1. The Kier molecular flexibility index (Phi) is 3.53. The number of rotatable bonds is 4. The molecular weight excluding hydrogens is 238 g/mol. The normalized spacial score (nSPS) is 24.9. The summed E-state index contributed by atoms with van der Waals surface area (Å²) in [4.78, 5) is 0. The molecule has 1 aliphatic heterocycles. The van der Waals surface area contributed by atoms with Crippen molar-refractivity contribution in [1.82, 2.24) is 15.1 Å². The summed E-state index contributed by atoms with van der Waals surface area (Å²) in [5.74, 6) is 0.944. The van der Waals surface area contributed by atoms with Crippen LogP contribution in [0.5, 0.6) is 0 Å². The third-order valence-corrected chi connectivity index (χ3v) is 5.10. The van der Waals surface area contributed by atoms with Crippen LogP contribution in [-0.4, -0.2) is 36.2 Å². The number of nitrogens with zero attached hydrogens (tertiary/aromatic N) is 2. The zero-order valence-electron chi connectivity index (χ0n) is 10.3. The minimum Gasteiger partial charge on any atom is -0.310 e. The quantitative estimate of drug-likeness (QED) is 0.853. The van der Waals surface area contributed by atoms with Crippen LogP contribution in [0.2, 0.25) is 0 Å². The summed E-state index contributed by atoms with van der Waals surface area (Å²) >= 11 is 0. The van der Waals surface area contributed by atoms with Crippen molar-refractivity contribution in [2.75, 3.05) is 18.1 Å². The molecule has 0 amide bonds. The third kappa shape index (κ3) is 3.29. The first-order chi connectivity index (χ1) is 7.96. The number of hydrogen-bond acceptors (Lipinski definition) is 4. The number of aryl methyl sites for hydroxylation is 1. The second-order valence-corrected chi connectivity index (χ2v) is 7.08. The lowest BCUT2D eigenvalue weighted by Crippen LogP contribution is -2.26. The third-order valence-electron chi connectivity index (χ3n) is 3.26. The van der Waals surface area contributed by atoms with E-state index in [2.05, 4.69) is 17.3 Å². The van der Waals surface area contributed by atoms with Crippen LogP contribution in [0.3, 0.4) is 0 Å².